The smallest absolute Gasteiger partial charge is 0.141 e. The van der Waals surface area contributed by atoms with Crippen LogP contribution in [0, 0.1) is 5.82 Å². The lowest BCUT2D eigenvalue weighted by molar-refractivity contribution is 0.128. The average Bonchev–Trinajstić information content (AvgIpc) is 2.37. The number of aromatic nitrogens is 1. The van der Waals surface area contributed by atoms with E-state index in [0.717, 1.165) is 37.6 Å². The van der Waals surface area contributed by atoms with Crippen molar-refractivity contribution in [2.24, 2.45) is 5.73 Å². The van der Waals surface area contributed by atoms with E-state index in [-0.39, 0.29) is 11.4 Å². The van der Waals surface area contributed by atoms with Crippen molar-refractivity contribution >= 4 is 5.82 Å². The highest BCUT2D eigenvalue weighted by Gasteiger charge is 2.27. The first-order valence-corrected chi connectivity index (χ1v) is 6.76. The lowest BCUT2D eigenvalue weighted by atomic mass is 10.0. The first kappa shape index (κ1) is 14.2. The zero-order chi connectivity index (χ0) is 14.0. The molecule has 1 aromatic heterocycles. The van der Waals surface area contributed by atoms with Gasteiger partial charge in [-0.25, -0.2) is 9.37 Å². The van der Waals surface area contributed by atoms with Gasteiger partial charge in [0.25, 0.3) is 0 Å². The second-order valence-electron chi connectivity index (χ2n) is 5.99. The molecule has 0 spiro atoms. The van der Waals surface area contributed by atoms with Gasteiger partial charge in [0, 0.05) is 43.8 Å². The number of anilines is 1. The molecule has 1 aliphatic heterocycles. The van der Waals surface area contributed by atoms with Crippen LogP contribution in [0.3, 0.4) is 0 Å². The van der Waals surface area contributed by atoms with Gasteiger partial charge in [0.2, 0.25) is 0 Å². The Morgan fingerprint density at radius 3 is 2.42 bits per heavy atom. The number of piperazine rings is 1. The molecule has 4 nitrogen and oxygen atoms in total. The van der Waals surface area contributed by atoms with E-state index in [1.54, 1.807) is 0 Å². The van der Waals surface area contributed by atoms with Crippen molar-refractivity contribution in [3.63, 3.8) is 0 Å². The van der Waals surface area contributed by atoms with Gasteiger partial charge in [-0.3, -0.25) is 4.90 Å². The van der Waals surface area contributed by atoms with Gasteiger partial charge in [-0.05, 0) is 26.8 Å². The van der Waals surface area contributed by atoms with Crippen LogP contribution in [0.5, 0.6) is 0 Å². The third kappa shape index (κ3) is 3.22. The fraction of sp³-hybridized carbons (Fsp3) is 0.643. The van der Waals surface area contributed by atoms with E-state index in [1.165, 1.54) is 12.3 Å². The van der Waals surface area contributed by atoms with Crippen LogP contribution < -0.4 is 10.6 Å². The summed E-state index contributed by atoms with van der Waals surface area (Å²) in [7, 11) is 0. The van der Waals surface area contributed by atoms with Crippen molar-refractivity contribution in [3.8, 4) is 0 Å². The molecule has 1 aromatic rings. The molecular weight excluding hydrogens is 243 g/mol. The van der Waals surface area contributed by atoms with Gasteiger partial charge in [0.15, 0.2) is 0 Å². The Hall–Kier alpha value is -1.20. The molecule has 0 aromatic carbocycles. The summed E-state index contributed by atoms with van der Waals surface area (Å²) in [5, 5.41) is 0. The molecule has 2 heterocycles. The molecule has 1 aliphatic rings. The minimum atomic E-state index is -0.322. The molecule has 0 saturated carbocycles. The molecule has 0 bridgehead atoms. The second kappa shape index (κ2) is 5.43. The normalized spacial score (nSPS) is 17.8. The van der Waals surface area contributed by atoms with Crippen LogP contribution in [0.25, 0.3) is 0 Å². The fourth-order valence-corrected chi connectivity index (χ4v) is 2.50. The molecule has 19 heavy (non-hydrogen) atoms. The molecule has 5 heteroatoms. The van der Waals surface area contributed by atoms with Crippen LogP contribution in [0.15, 0.2) is 12.3 Å². The Morgan fingerprint density at radius 2 is 1.89 bits per heavy atom. The molecular formula is C14H23FN4. The Labute approximate surface area is 114 Å². The van der Waals surface area contributed by atoms with Gasteiger partial charge in [0.05, 0.1) is 6.20 Å². The van der Waals surface area contributed by atoms with Gasteiger partial charge in [-0.2, -0.15) is 0 Å². The Kier molecular flexibility index (Phi) is 4.06. The third-order valence-electron chi connectivity index (χ3n) is 3.66. The minimum Gasteiger partial charge on any atom is -0.354 e. The highest BCUT2D eigenvalue weighted by Crippen LogP contribution is 2.22. The molecule has 2 N–H and O–H groups in total. The van der Waals surface area contributed by atoms with Crippen molar-refractivity contribution in [2.75, 3.05) is 31.1 Å². The molecule has 2 rings (SSSR count). The average molecular weight is 266 g/mol. The first-order chi connectivity index (χ1) is 8.91. The minimum absolute atomic E-state index is 0.193. The lowest BCUT2D eigenvalue weighted by Gasteiger charge is -2.43. The van der Waals surface area contributed by atoms with Gasteiger partial charge in [0.1, 0.15) is 11.6 Å². The monoisotopic (exact) mass is 266 g/mol. The number of nitrogens with two attached hydrogens (primary N) is 1. The highest BCUT2D eigenvalue weighted by molar-refractivity contribution is 5.47. The lowest BCUT2D eigenvalue weighted by Crippen LogP contribution is -2.53. The fourth-order valence-electron chi connectivity index (χ4n) is 2.50. The quantitative estimate of drug-likeness (QED) is 0.883. The number of pyridine rings is 1. The van der Waals surface area contributed by atoms with Crippen LogP contribution in [-0.4, -0.2) is 41.6 Å². The van der Waals surface area contributed by atoms with Gasteiger partial charge in [-0.15, -0.1) is 0 Å². The van der Waals surface area contributed by atoms with Gasteiger partial charge in [-0.1, -0.05) is 0 Å². The van der Waals surface area contributed by atoms with E-state index < -0.39 is 0 Å². The summed E-state index contributed by atoms with van der Waals surface area (Å²) in [5.41, 5.74) is 6.65. The summed E-state index contributed by atoms with van der Waals surface area (Å²) in [6.07, 6.45) is 1.27. The maximum absolute atomic E-state index is 13.2. The standard InChI is InChI=1S/C14H23FN4/c1-14(2,3)19-6-4-18(5-7-19)13-11(9-16)8-12(15)10-17-13/h8,10H,4-7,9,16H2,1-3H3. The van der Waals surface area contributed by atoms with E-state index in [2.05, 4.69) is 35.6 Å². The maximum Gasteiger partial charge on any atom is 0.141 e. The molecule has 1 fully saturated rings. The zero-order valence-corrected chi connectivity index (χ0v) is 12.0. The molecule has 106 valence electrons. The predicted octanol–water partition coefficient (Wildman–Crippen LogP) is 1.60. The summed E-state index contributed by atoms with van der Waals surface area (Å²) >= 11 is 0. The van der Waals surface area contributed by atoms with E-state index in [9.17, 15) is 4.39 Å². The SMILES string of the molecule is CC(C)(C)N1CCN(c2ncc(F)cc2CN)CC1. The van der Waals surface area contributed by atoms with Crippen LogP contribution in [0.2, 0.25) is 0 Å². The molecule has 0 radical (unpaired) electrons. The van der Waals surface area contributed by atoms with Crippen LogP contribution in [0.1, 0.15) is 26.3 Å². The van der Waals surface area contributed by atoms with E-state index in [1.807, 2.05) is 0 Å². The van der Waals surface area contributed by atoms with Crippen molar-refractivity contribution < 1.29 is 4.39 Å². The highest BCUT2D eigenvalue weighted by atomic mass is 19.1. The summed E-state index contributed by atoms with van der Waals surface area (Å²) in [4.78, 5) is 8.86. The molecule has 0 amide bonds. The number of rotatable bonds is 2. The largest absolute Gasteiger partial charge is 0.354 e. The first-order valence-electron chi connectivity index (χ1n) is 6.76. The molecule has 0 aliphatic carbocycles. The number of hydrogen-bond donors (Lipinski definition) is 1. The summed E-state index contributed by atoms with van der Waals surface area (Å²) in [6.45, 7) is 10.8. The molecule has 0 unspecified atom stereocenters. The summed E-state index contributed by atoms with van der Waals surface area (Å²) in [5.74, 6) is 0.509. The number of hydrogen-bond acceptors (Lipinski definition) is 4. The Bertz CT molecular complexity index is 434. The van der Waals surface area contributed by atoms with Crippen molar-refractivity contribution in [1.29, 1.82) is 0 Å². The van der Waals surface area contributed by atoms with E-state index in [4.69, 9.17) is 5.73 Å². The summed E-state index contributed by atoms with van der Waals surface area (Å²) < 4.78 is 13.2. The van der Waals surface area contributed by atoms with Crippen molar-refractivity contribution in [3.05, 3.63) is 23.6 Å². The summed E-state index contributed by atoms with van der Waals surface area (Å²) in [6, 6.07) is 1.48. The number of halogens is 1. The molecule has 1 saturated heterocycles. The van der Waals surface area contributed by atoms with E-state index >= 15 is 0 Å². The second-order valence-corrected chi connectivity index (χ2v) is 5.99. The number of nitrogens with zero attached hydrogens (tertiary/aromatic N) is 3. The topological polar surface area (TPSA) is 45.4 Å². The zero-order valence-electron chi connectivity index (χ0n) is 12.0. The van der Waals surface area contributed by atoms with Crippen molar-refractivity contribution in [1.82, 2.24) is 9.88 Å². The van der Waals surface area contributed by atoms with Crippen LogP contribution in [-0.2, 0) is 6.54 Å². The third-order valence-corrected chi connectivity index (χ3v) is 3.66. The maximum atomic E-state index is 13.2. The Morgan fingerprint density at radius 1 is 1.26 bits per heavy atom. The predicted molar refractivity (Wildman–Crippen MR) is 75.6 cm³/mol. The van der Waals surface area contributed by atoms with Crippen LogP contribution >= 0.6 is 0 Å². The van der Waals surface area contributed by atoms with E-state index in [0.29, 0.717) is 6.54 Å². The molecule has 0 atom stereocenters. The Balaban J connectivity index is 2.10. The van der Waals surface area contributed by atoms with Crippen LogP contribution in [0.4, 0.5) is 10.2 Å². The van der Waals surface area contributed by atoms with Gasteiger partial charge < -0.3 is 10.6 Å². The van der Waals surface area contributed by atoms with Crippen molar-refractivity contribution in [2.45, 2.75) is 32.9 Å². The van der Waals surface area contributed by atoms with Gasteiger partial charge >= 0.3 is 0 Å².